The second-order valence-electron chi connectivity index (χ2n) is 5.92. The molecule has 0 saturated carbocycles. The highest BCUT2D eigenvalue weighted by Gasteiger charge is 2.11. The van der Waals surface area contributed by atoms with E-state index in [1.54, 1.807) is 12.1 Å². The fraction of sp³-hybridized carbons (Fsp3) is 0.0455. The third-order valence-electron chi connectivity index (χ3n) is 4.11. The van der Waals surface area contributed by atoms with Gasteiger partial charge in [-0.15, -0.1) is 0 Å². The molecule has 0 fully saturated rings. The lowest BCUT2D eigenvalue weighted by Gasteiger charge is -2.08. The Morgan fingerprint density at radius 1 is 0.607 bits per heavy atom. The molecule has 3 aromatic rings. The molecule has 6 heteroatoms. The quantitative estimate of drug-likeness (QED) is 0.542. The lowest BCUT2D eigenvalue weighted by atomic mass is 10.0. The molecule has 0 aliphatic rings. The molecule has 0 spiro atoms. The molecule has 0 aliphatic heterocycles. The molecule has 0 saturated heterocycles. The Morgan fingerprint density at radius 2 is 1.04 bits per heavy atom. The minimum Gasteiger partial charge on any atom is -0.465 e. The first-order chi connectivity index (χ1) is 13.6. The van der Waals surface area contributed by atoms with Crippen molar-refractivity contribution in [3.63, 3.8) is 0 Å². The van der Waals surface area contributed by atoms with Gasteiger partial charge >= 0.3 is 5.97 Å². The number of carbonyl (C=O) groups is 3. The zero-order valence-electron chi connectivity index (χ0n) is 15.1. The summed E-state index contributed by atoms with van der Waals surface area (Å²) in [6.45, 7) is 0. The molecule has 2 amide bonds. The molecule has 0 atom stereocenters. The average molecular weight is 374 g/mol. The lowest BCUT2D eigenvalue weighted by Crippen LogP contribution is -2.41. The van der Waals surface area contributed by atoms with Crippen molar-refractivity contribution in [3.05, 3.63) is 95.6 Å². The van der Waals surface area contributed by atoms with Crippen LogP contribution >= 0.6 is 0 Å². The van der Waals surface area contributed by atoms with Gasteiger partial charge in [0.15, 0.2) is 0 Å². The van der Waals surface area contributed by atoms with Crippen molar-refractivity contribution < 1.29 is 19.1 Å². The largest absolute Gasteiger partial charge is 0.465 e. The number of ether oxygens (including phenoxy) is 1. The molecule has 0 radical (unpaired) electrons. The number of rotatable bonds is 4. The Balaban J connectivity index is 1.59. The number of methoxy groups -OCH3 is 1. The van der Waals surface area contributed by atoms with Crippen molar-refractivity contribution in [2.75, 3.05) is 7.11 Å². The number of hydrogen-bond donors (Lipinski definition) is 2. The van der Waals surface area contributed by atoms with E-state index < -0.39 is 17.8 Å². The Labute approximate surface area is 162 Å². The van der Waals surface area contributed by atoms with E-state index in [2.05, 4.69) is 15.6 Å². The van der Waals surface area contributed by atoms with Gasteiger partial charge in [-0.2, -0.15) is 0 Å². The van der Waals surface area contributed by atoms with Crippen LogP contribution in [0.2, 0.25) is 0 Å². The average Bonchev–Trinajstić information content (AvgIpc) is 2.77. The summed E-state index contributed by atoms with van der Waals surface area (Å²) in [7, 11) is 1.28. The Morgan fingerprint density at radius 3 is 1.54 bits per heavy atom. The molecule has 3 aromatic carbocycles. The van der Waals surface area contributed by atoms with Gasteiger partial charge in [0, 0.05) is 11.1 Å². The molecule has 28 heavy (non-hydrogen) atoms. The summed E-state index contributed by atoms with van der Waals surface area (Å²) in [4.78, 5) is 35.8. The number of nitrogens with one attached hydrogen (secondary N) is 2. The van der Waals surface area contributed by atoms with E-state index in [1.165, 1.54) is 31.4 Å². The number of hydrazine groups is 1. The predicted octanol–water partition coefficient (Wildman–Crippen LogP) is 3.22. The molecule has 3 rings (SSSR count). The first-order valence-electron chi connectivity index (χ1n) is 8.53. The van der Waals surface area contributed by atoms with Crippen LogP contribution in [0.25, 0.3) is 11.1 Å². The van der Waals surface area contributed by atoms with Crippen LogP contribution in [0, 0.1) is 0 Å². The molecule has 0 aliphatic carbocycles. The van der Waals surface area contributed by atoms with Crippen LogP contribution in [-0.4, -0.2) is 24.9 Å². The van der Waals surface area contributed by atoms with E-state index in [4.69, 9.17) is 0 Å². The smallest absolute Gasteiger partial charge is 0.337 e. The van der Waals surface area contributed by atoms with Crippen LogP contribution < -0.4 is 10.9 Å². The predicted molar refractivity (Wildman–Crippen MR) is 105 cm³/mol. The Bertz CT molecular complexity index is 981. The number of benzene rings is 3. The van der Waals surface area contributed by atoms with Crippen LogP contribution in [0.3, 0.4) is 0 Å². The molecule has 0 heterocycles. The molecule has 0 bridgehead atoms. The van der Waals surface area contributed by atoms with Gasteiger partial charge < -0.3 is 4.74 Å². The normalized spacial score (nSPS) is 10.0. The highest BCUT2D eigenvalue weighted by atomic mass is 16.5. The first kappa shape index (κ1) is 18.8. The minimum atomic E-state index is -0.495. The topological polar surface area (TPSA) is 84.5 Å². The van der Waals surface area contributed by atoms with E-state index in [1.807, 2.05) is 42.5 Å². The number of esters is 1. The summed E-state index contributed by atoms with van der Waals surface area (Å²) < 4.78 is 4.60. The van der Waals surface area contributed by atoms with E-state index in [0.717, 1.165) is 11.1 Å². The third kappa shape index (κ3) is 4.42. The van der Waals surface area contributed by atoms with E-state index in [9.17, 15) is 14.4 Å². The second-order valence-corrected chi connectivity index (χ2v) is 5.92. The SMILES string of the molecule is COC(=O)c1ccc(C(=O)NNC(=O)c2ccc(-c3ccccc3)cc2)cc1. The summed E-state index contributed by atoms with van der Waals surface area (Å²) in [5.74, 6) is -1.41. The maximum Gasteiger partial charge on any atom is 0.337 e. The maximum absolute atomic E-state index is 12.2. The van der Waals surface area contributed by atoms with Crippen LogP contribution in [-0.2, 0) is 4.74 Å². The van der Waals surface area contributed by atoms with Crippen molar-refractivity contribution in [2.45, 2.75) is 0 Å². The Hall–Kier alpha value is -3.93. The molecular formula is C22H18N2O4. The van der Waals surface area contributed by atoms with Crippen molar-refractivity contribution >= 4 is 17.8 Å². The van der Waals surface area contributed by atoms with Gasteiger partial charge in [0.05, 0.1) is 12.7 Å². The van der Waals surface area contributed by atoms with Crippen molar-refractivity contribution in [1.82, 2.24) is 10.9 Å². The molecule has 6 nitrogen and oxygen atoms in total. The minimum absolute atomic E-state index is 0.298. The monoisotopic (exact) mass is 374 g/mol. The number of hydrogen-bond acceptors (Lipinski definition) is 4. The van der Waals surface area contributed by atoms with Gasteiger partial charge in [0.2, 0.25) is 0 Å². The summed E-state index contributed by atoms with van der Waals surface area (Å²) in [6, 6.07) is 22.8. The summed E-state index contributed by atoms with van der Waals surface area (Å²) in [5.41, 5.74) is 7.82. The summed E-state index contributed by atoms with van der Waals surface area (Å²) in [6.07, 6.45) is 0. The van der Waals surface area contributed by atoms with Gasteiger partial charge in [-0.25, -0.2) is 4.79 Å². The van der Waals surface area contributed by atoms with E-state index >= 15 is 0 Å². The van der Waals surface area contributed by atoms with Crippen LogP contribution in [0.1, 0.15) is 31.1 Å². The maximum atomic E-state index is 12.2. The summed E-state index contributed by atoms with van der Waals surface area (Å²) in [5, 5.41) is 0. The van der Waals surface area contributed by atoms with Gasteiger partial charge in [-0.1, -0.05) is 42.5 Å². The van der Waals surface area contributed by atoms with Gasteiger partial charge in [0.25, 0.3) is 11.8 Å². The van der Waals surface area contributed by atoms with Gasteiger partial charge in [0.1, 0.15) is 0 Å². The highest BCUT2D eigenvalue weighted by molar-refractivity contribution is 6.00. The number of amides is 2. The van der Waals surface area contributed by atoms with Crippen LogP contribution in [0.15, 0.2) is 78.9 Å². The first-order valence-corrected chi connectivity index (χ1v) is 8.53. The molecule has 0 unspecified atom stereocenters. The van der Waals surface area contributed by atoms with Crippen molar-refractivity contribution in [1.29, 1.82) is 0 Å². The molecular weight excluding hydrogens is 356 g/mol. The fourth-order valence-electron chi connectivity index (χ4n) is 2.58. The standard InChI is InChI=1S/C22H18N2O4/c1-28-22(27)19-13-11-18(12-14-19)21(26)24-23-20(25)17-9-7-16(8-10-17)15-5-3-2-4-6-15/h2-14H,1H3,(H,23,25)(H,24,26). The van der Waals surface area contributed by atoms with Gasteiger partial charge in [-0.3, -0.25) is 20.4 Å². The Kier molecular flexibility index (Phi) is 5.81. The van der Waals surface area contributed by atoms with Crippen LogP contribution in [0.4, 0.5) is 0 Å². The summed E-state index contributed by atoms with van der Waals surface area (Å²) >= 11 is 0. The fourth-order valence-corrected chi connectivity index (χ4v) is 2.58. The molecule has 2 N–H and O–H groups in total. The van der Waals surface area contributed by atoms with E-state index in [-0.39, 0.29) is 0 Å². The van der Waals surface area contributed by atoms with Crippen molar-refractivity contribution in [3.8, 4) is 11.1 Å². The highest BCUT2D eigenvalue weighted by Crippen LogP contribution is 2.19. The molecule has 140 valence electrons. The third-order valence-corrected chi connectivity index (χ3v) is 4.11. The second kappa shape index (κ2) is 8.64. The van der Waals surface area contributed by atoms with Crippen molar-refractivity contribution in [2.24, 2.45) is 0 Å². The zero-order chi connectivity index (χ0) is 19.9. The van der Waals surface area contributed by atoms with Gasteiger partial charge in [-0.05, 0) is 47.5 Å². The van der Waals surface area contributed by atoms with Crippen LogP contribution in [0.5, 0.6) is 0 Å². The lowest BCUT2D eigenvalue weighted by molar-refractivity contribution is 0.0600. The molecule has 0 aromatic heterocycles. The number of carbonyl (C=O) groups excluding carboxylic acids is 3. The van der Waals surface area contributed by atoms with E-state index in [0.29, 0.717) is 16.7 Å². The zero-order valence-corrected chi connectivity index (χ0v) is 15.1.